The molecule has 0 saturated carbocycles. The highest BCUT2D eigenvalue weighted by Gasteiger charge is 2.23. The summed E-state index contributed by atoms with van der Waals surface area (Å²) >= 11 is 1.56. The summed E-state index contributed by atoms with van der Waals surface area (Å²) in [7, 11) is 0. The van der Waals surface area contributed by atoms with Crippen molar-refractivity contribution in [3.63, 3.8) is 0 Å². The number of carbonyl (C=O) groups is 1. The van der Waals surface area contributed by atoms with Crippen LogP contribution in [0.1, 0.15) is 5.69 Å². The number of aromatic amines is 1. The lowest BCUT2D eigenvalue weighted by atomic mass is 10.3. The Morgan fingerprint density at radius 1 is 1.58 bits per heavy atom. The average molecular weight is 280 g/mol. The van der Waals surface area contributed by atoms with E-state index in [0.29, 0.717) is 18.8 Å². The van der Waals surface area contributed by atoms with Gasteiger partial charge in [0.25, 0.3) is 0 Å². The Balaban J connectivity index is 1.53. The van der Waals surface area contributed by atoms with Gasteiger partial charge in [-0.3, -0.25) is 0 Å². The summed E-state index contributed by atoms with van der Waals surface area (Å²) in [5.74, 6) is 0.691. The van der Waals surface area contributed by atoms with Gasteiger partial charge in [0.1, 0.15) is 6.10 Å². The maximum Gasteiger partial charge on any atom is 0.407 e. The average Bonchev–Trinajstić information content (AvgIpc) is 3.10. The zero-order valence-electron chi connectivity index (χ0n) is 9.94. The number of hydrogen-bond donors (Lipinski definition) is 2. The van der Waals surface area contributed by atoms with Gasteiger partial charge in [-0.05, 0) is 0 Å². The van der Waals surface area contributed by atoms with Crippen molar-refractivity contribution in [1.82, 2.24) is 30.3 Å². The summed E-state index contributed by atoms with van der Waals surface area (Å²) in [5, 5.41) is 11.5. The Morgan fingerprint density at radius 2 is 2.53 bits per heavy atom. The third-order valence-corrected chi connectivity index (χ3v) is 3.49. The Morgan fingerprint density at radius 3 is 3.26 bits per heavy atom. The van der Waals surface area contributed by atoms with Crippen LogP contribution in [0.3, 0.4) is 0 Å². The van der Waals surface area contributed by atoms with E-state index in [0.717, 1.165) is 10.9 Å². The second kappa shape index (κ2) is 5.31. The minimum absolute atomic E-state index is 0.181. The first-order valence-corrected chi connectivity index (χ1v) is 6.74. The molecule has 1 unspecified atom stereocenters. The van der Waals surface area contributed by atoms with Gasteiger partial charge in [0.15, 0.2) is 5.16 Å². The number of nitrogens with one attached hydrogen (secondary N) is 2. The van der Waals surface area contributed by atoms with Crippen molar-refractivity contribution < 1.29 is 9.53 Å². The van der Waals surface area contributed by atoms with E-state index < -0.39 is 0 Å². The molecule has 1 atom stereocenters. The van der Waals surface area contributed by atoms with Crippen LogP contribution in [-0.4, -0.2) is 43.7 Å². The number of ether oxygens (including phenoxy) is 1. The van der Waals surface area contributed by atoms with Gasteiger partial charge in [0.2, 0.25) is 0 Å². The molecule has 9 heteroatoms. The van der Waals surface area contributed by atoms with Crippen molar-refractivity contribution in [2.45, 2.75) is 23.6 Å². The van der Waals surface area contributed by atoms with Crippen LogP contribution in [0.15, 0.2) is 23.7 Å². The number of thioether (sulfide) groups is 1. The molecule has 0 aromatic carbocycles. The molecule has 0 radical (unpaired) electrons. The van der Waals surface area contributed by atoms with Crippen LogP contribution >= 0.6 is 11.8 Å². The third-order valence-electron chi connectivity index (χ3n) is 2.55. The van der Waals surface area contributed by atoms with E-state index in [2.05, 4.69) is 25.6 Å². The molecule has 2 aromatic heterocycles. The smallest absolute Gasteiger partial charge is 0.407 e. The highest BCUT2D eigenvalue weighted by atomic mass is 32.2. The quantitative estimate of drug-likeness (QED) is 0.769. The molecule has 1 aliphatic rings. The molecular formula is C10H12N6O2S. The van der Waals surface area contributed by atoms with Gasteiger partial charge >= 0.3 is 6.09 Å². The number of cyclic esters (lactones) is 1. The van der Waals surface area contributed by atoms with Gasteiger partial charge < -0.3 is 15.0 Å². The molecule has 100 valence electrons. The molecular weight excluding hydrogens is 268 g/mol. The third kappa shape index (κ3) is 3.05. The monoisotopic (exact) mass is 280 g/mol. The highest BCUT2D eigenvalue weighted by Crippen LogP contribution is 2.17. The van der Waals surface area contributed by atoms with E-state index in [-0.39, 0.29) is 12.2 Å². The number of alkyl carbamates (subject to hydrolysis) is 1. The Bertz CT molecular complexity index is 554. The standard InChI is InChI=1S/C10H12N6O2S/c17-10-13-3-8(18-10)5-16-4-7(14-15-16)6-19-9-11-1-2-12-9/h1-2,4,8H,3,5-6H2,(H,11,12)(H,13,17). The Kier molecular flexibility index (Phi) is 3.36. The van der Waals surface area contributed by atoms with Crippen molar-refractivity contribution in [3.8, 4) is 0 Å². The molecule has 1 saturated heterocycles. The van der Waals surface area contributed by atoms with E-state index in [4.69, 9.17) is 4.74 Å². The number of aromatic nitrogens is 5. The first-order valence-electron chi connectivity index (χ1n) is 5.75. The van der Waals surface area contributed by atoms with Gasteiger partial charge in [0.05, 0.1) is 18.8 Å². The number of hydrogen-bond acceptors (Lipinski definition) is 6. The van der Waals surface area contributed by atoms with Gasteiger partial charge in [-0.2, -0.15) is 0 Å². The number of amides is 1. The van der Waals surface area contributed by atoms with E-state index in [1.807, 2.05) is 6.20 Å². The number of carbonyl (C=O) groups excluding carboxylic acids is 1. The largest absolute Gasteiger partial charge is 0.442 e. The van der Waals surface area contributed by atoms with E-state index in [9.17, 15) is 4.79 Å². The number of nitrogens with zero attached hydrogens (tertiary/aromatic N) is 4. The SMILES string of the molecule is O=C1NCC(Cn2cc(CSc3ncc[nH]3)nn2)O1. The lowest BCUT2D eigenvalue weighted by Crippen LogP contribution is -2.20. The lowest BCUT2D eigenvalue weighted by Gasteiger charge is -2.05. The van der Waals surface area contributed by atoms with Crippen LogP contribution in [0.5, 0.6) is 0 Å². The normalized spacial score (nSPS) is 18.3. The van der Waals surface area contributed by atoms with Gasteiger partial charge in [-0.15, -0.1) is 5.10 Å². The van der Waals surface area contributed by atoms with Gasteiger partial charge in [-0.1, -0.05) is 17.0 Å². The molecule has 19 heavy (non-hydrogen) atoms. The Hall–Kier alpha value is -2.03. The molecule has 1 amide bonds. The second-order valence-electron chi connectivity index (χ2n) is 4.02. The fourth-order valence-electron chi connectivity index (χ4n) is 1.71. The van der Waals surface area contributed by atoms with Crippen LogP contribution in [-0.2, 0) is 17.0 Å². The molecule has 3 rings (SSSR count). The molecule has 0 aliphatic carbocycles. The summed E-state index contributed by atoms with van der Waals surface area (Å²) in [6, 6.07) is 0. The van der Waals surface area contributed by atoms with E-state index >= 15 is 0 Å². The maximum atomic E-state index is 10.9. The number of H-pyrrole nitrogens is 1. The fraction of sp³-hybridized carbons (Fsp3) is 0.400. The van der Waals surface area contributed by atoms with Crippen LogP contribution in [0.2, 0.25) is 0 Å². The van der Waals surface area contributed by atoms with Crippen molar-refractivity contribution in [2.24, 2.45) is 0 Å². The molecule has 1 aliphatic heterocycles. The van der Waals surface area contributed by atoms with E-state index in [1.165, 1.54) is 0 Å². The summed E-state index contributed by atoms with van der Waals surface area (Å²) in [4.78, 5) is 18.0. The van der Waals surface area contributed by atoms with Crippen LogP contribution in [0.4, 0.5) is 4.79 Å². The first kappa shape index (κ1) is 12.0. The first-order chi connectivity index (χ1) is 9.29. The van der Waals surface area contributed by atoms with Crippen LogP contribution < -0.4 is 5.32 Å². The topological polar surface area (TPSA) is 97.7 Å². The minimum Gasteiger partial charge on any atom is -0.442 e. The summed E-state index contributed by atoms with van der Waals surface area (Å²) in [6.45, 7) is 1.02. The van der Waals surface area contributed by atoms with Crippen LogP contribution in [0, 0.1) is 0 Å². The zero-order chi connectivity index (χ0) is 13.1. The highest BCUT2D eigenvalue weighted by molar-refractivity contribution is 7.98. The second-order valence-corrected chi connectivity index (χ2v) is 4.99. The maximum absolute atomic E-state index is 10.9. The fourth-order valence-corrected chi connectivity index (χ4v) is 2.41. The molecule has 0 spiro atoms. The Labute approximate surface area is 112 Å². The minimum atomic E-state index is -0.376. The lowest BCUT2D eigenvalue weighted by molar-refractivity contribution is 0.128. The van der Waals surface area contributed by atoms with Crippen molar-refractivity contribution in [2.75, 3.05) is 6.54 Å². The molecule has 2 aromatic rings. The summed E-state index contributed by atoms with van der Waals surface area (Å²) < 4.78 is 6.72. The molecule has 8 nitrogen and oxygen atoms in total. The molecule has 0 bridgehead atoms. The summed E-state index contributed by atoms with van der Waals surface area (Å²) in [6.07, 6.45) is 4.78. The predicted octanol–water partition coefficient (Wildman–Crippen LogP) is 0.402. The van der Waals surface area contributed by atoms with E-state index in [1.54, 1.807) is 28.8 Å². The predicted molar refractivity (Wildman–Crippen MR) is 66.4 cm³/mol. The number of rotatable bonds is 5. The van der Waals surface area contributed by atoms with Crippen LogP contribution in [0.25, 0.3) is 0 Å². The van der Waals surface area contributed by atoms with Crippen molar-refractivity contribution in [3.05, 3.63) is 24.3 Å². The molecule has 3 heterocycles. The van der Waals surface area contributed by atoms with Gasteiger partial charge in [0, 0.05) is 24.3 Å². The zero-order valence-corrected chi connectivity index (χ0v) is 10.8. The molecule has 2 N–H and O–H groups in total. The molecule has 1 fully saturated rings. The van der Waals surface area contributed by atoms with Gasteiger partial charge in [-0.25, -0.2) is 14.5 Å². The van der Waals surface area contributed by atoms with Crippen molar-refractivity contribution >= 4 is 17.9 Å². The van der Waals surface area contributed by atoms with Crippen molar-refractivity contribution in [1.29, 1.82) is 0 Å². The number of imidazole rings is 1. The summed E-state index contributed by atoms with van der Waals surface area (Å²) in [5.41, 5.74) is 0.860.